The molecular weight excluding hydrogens is 361 g/mol. The van der Waals surface area contributed by atoms with Crippen LogP contribution < -0.4 is 5.32 Å². The Labute approximate surface area is 133 Å². The van der Waals surface area contributed by atoms with Crippen molar-refractivity contribution in [1.29, 1.82) is 0 Å². The first-order valence-electron chi connectivity index (χ1n) is 6.67. The van der Waals surface area contributed by atoms with Gasteiger partial charge in [-0.05, 0) is 66.1 Å². The molecule has 0 saturated heterocycles. The molecule has 20 heavy (non-hydrogen) atoms. The van der Waals surface area contributed by atoms with Gasteiger partial charge in [-0.2, -0.15) is 0 Å². The summed E-state index contributed by atoms with van der Waals surface area (Å²) in [5, 5.41) is 2.96. The maximum Gasteiger partial charge on any atom is 0.224 e. The first-order valence-corrected chi connectivity index (χ1v) is 7.74. The third-order valence-electron chi connectivity index (χ3n) is 3.27. The minimum atomic E-state index is 0.0640. The number of hydrogen-bond acceptors (Lipinski definition) is 1. The summed E-state index contributed by atoms with van der Waals surface area (Å²) in [4.78, 5) is 12.0. The van der Waals surface area contributed by atoms with E-state index in [2.05, 4.69) is 60.0 Å². The minimum absolute atomic E-state index is 0.0640. The molecule has 2 aromatic rings. The fourth-order valence-corrected chi connectivity index (χ4v) is 2.67. The SMILES string of the molecule is Cc1ccc(CCC(=O)Nc2ccccc2I)c(C)c1. The van der Waals surface area contributed by atoms with E-state index in [1.165, 1.54) is 16.7 Å². The van der Waals surface area contributed by atoms with Gasteiger partial charge in [-0.15, -0.1) is 0 Å². The zero-order chi connectivity index (χ0) is 14.5. The average Bonchev–Trinajstić information content (AvgIpc) is 2.40. The molecule has 2 aromatic carbocycles. The van der Waals surface area contributed by atoms with Gasteiger partial charge in [0.05, 0.1) is 5.69 Å². The number of carbonyl (C=O) groups is 1. The summed E-state index contributed by atoms with van der Waals surface area (Å²) in [7, 11) is 0. The van der Waals surface area contributed by atoms with Crippen LogP contribution in [-0.4, -0.2) is 5.91 Å². The Morgan fingerprint density at radius 1 is 1.15 bits per heavy atom. The van der Waals surface area contributed by atoms with Crippen molar-refractivity contribution in [3.63, 3.8) is 0 Å². The second kappa shape index (κ2) is 6.88. The van der Waals surface area contributed by atoms with Crippen molar-refractivity contribution in [2.75, 3.05) is 5.32 Å². The van der Waals surface area contributed by atoms with Gasteiger partial charge in [0.2, 0.25) is 5.91 Å². The van der Waals surface area contributed by atoms with Gasteiger partial charge in [0.15, 0.2) is 0 Å². The van der Waals surface area contributed by atoms with Gasteiger partial charge in [-0.25, -0.2) is 0 Å². The minimum Gasteiger partial charge on any atom is -0.325 e. The standard InChI is InChI=1S/C17H18INO/c1-12-7-8-14(13(2)11-12)9-10-17(20)19-16-6-4-3-5-15(16)18/h3-8,11H,9-10H2,1-2H3,(H,19,20). The second-order valence-corrected chi connectivity index (χ2v) is 6.12. The number of aryl methyl sites for hydroxylation is 3. The van der Waals surface area contributed by atoms with Crippen molar-refractivity contribution in [3.8, 4) is 0 Å². The topological polar surface area (TPSA) is 29.1 Å². The number of carbonyl (C=O) groups excluding carboxylic acids is 1. The Hall–Kier alpha value is -1.36. The lowest BCUT2D eigenvalue weighted by Gasteiger charge is -2.09. The third-order valence-corrected chi connectivity index (χ3v) is 4.21. The highest BCUT2D eigenvalue weighted by molar-refractivity contribution is 14.1. The summed E-state index contributed by atoms with van der Waals surface area (Å²) in [6.07, 6.45) is 1.29. The predicted octanol–water partition coefficient (Wildman–Crippen LogP) is 4.48. The lowest BCUT2D eigenvalue weighted by atomic mass is 10.0. The number of rotatable bonds is 4. The zero-order valence-corrected chi connectivity index (χ0v) is 13.9. The van der Waals surface area contributed by atoms with Crippen molar-refractivity contribution < 1.29 is 4.79 Å². The molecule has 0 radical (unpaired) electrons. The van der Waals surface area contributed by atoms with Crippen molar-refractivity contribution in [2.45, 2.75) is 26.7 Å². The highest BCUT2D eigenvalue weighted by Crippen LogP contribution is 2.18. The molecule has 1 N–H and O–H groups in total. The molecule has 0 aliphatic carbocycles. The molecule has 0 heterocycles. The Balaban J connectivity index is 1.94. The van der Waals surface area contributed by atoms with Gasteiger partial charge < -0.3 is 5.32 Å². The number of halogens is 1. The number of para-hydroxylation sites is 1. The molecule has 3 heteroatoms. The van der Waals surface area contributed by atoms with Gasteiger partial charge in [0, 0.05) is 9.99 Å². The number of hydrogen-bond donors (Lipinski definition) is 1. The Morgan fingerprint density at radius 2 is 1.90 bits per heavy atom. The maximum atomic E-state index is 12.0. The summed E-state index contributed by atoms with van der Waals surface area (Å²) in [6, 6.07) is 14.2. The smallest absolute Gasteiger partial charge is 0.224 e. The molecule has 0 spiro atoms. The highest BCUT2D eigenvalue weighted by Gasteiger charge is 2.06. The van der Waals surface area contributed by atoms with Crippen molar-refractivity contribution in [2.24, 2.45) is 0 Å². The molecule has 0 unspecified atom stereocenters. The number of anilines is 1. The molecule has 0 atom stereocenters. The van der Waals surface area contributed by atoms with E-state index >= 15 is 0 Å². The maximum absolute atomic E-state index is 12.0. The summed E-state index contributed by atoms with van der Waals surface area (Å²) < 4.78 is 1.06. The van der Waals surface area contributed by atoms with Crippen LogP contribution in [0.2, 0.25) is 0 Å². The van der Waals surface area contributed by atoms with Crippen LogP contribution in [0.15, 0.2) is 42.5 Å². The van der Waals surface area contributed by atoms with Crippen LogP contribution in [-0.2, 0) is 11.2 Å². The average molecular weight is 379 g/mol. The normalized spacial score (nSPS) is 10.3. The first-order chi connectivity index (χ1) is 9.56. The third kappa shape index (κ3) is 4.07. The largest absolute Gasteiger partial charge is 0.325 e. The van der Waals surface area contributed by atoms with E-state index < -0.39 is 0 Å². The lowest BCUT2D eigenvalue weighted by molar-refractivity contribution is -0.116. The van der Waals surface area contributed by atoms with Crippen molar-refractivity contribution in [1.82, 2.24) is 0 Å². The monoisotopic (exact) mass is 379 g/mol. The van der Waals surface area contributed by atoms with Crippen LogP contribution in [0.5, 0.6) is 0 Å². The first kappa shape index (κ1) is 15.0. The molecule has 0 aliphatic heterocycles. The van der Waals surface area contributed by atoms with E-state index in [0.29, 0.717) is 6.42 Å². The summed E-state index contributed by atoms with van der Waals surface area (Å²) in [5.74, 6) is 0.0640. The number of amides is 1. The van der Waals surface area contributed by atoms with E-state index in [4.69, 9.17) is 0 Å². The van der Waals surface area contributed by atoms with E-state index in [9.17, 15) is 4.79 Å². The number of benzene rings is 2. The van der Waals surface area contributed by atoms with Gasteiger partial charge >= 0.3 is 0 Å². The second-order valence-electron chi connectivity index (χ2n) is 4.96. The summed E-state index contributed by atoms with van der Waals surface area (Å²) in [6.45, 7) is 4.18. The molecule has 2 rings (SSSR count). The van der Waals surface area contributed by atoms with E-state index in [0.717, 1.165) is 15.7 Å². The van der Waals surface area contributed by atoms with Gasteiger partial charge in [-0.3, -0.25) is 4.79 Å². The fourth-order valence-electron chi connectivity index (χ4n) is 2.15. The molecule has 0 aliphatic rings. The predicted molar refractivity (Wildman–Crippen MR) is 92.0 cm³/mol. The van der Waals surface area contributed by atoms with Crippen LogP contribution >= 0.6 is 22.6 Å². The van der Waals surface area contributed by atoms with Crippen LogP contribution in [0.3, 0.4) is 0 Å². The van der Waals surface area contributed by atoms with Crippen LogP contribution in [0, 0.1) is 17.4 Å². The fraction of sp³-hybridized carbons (Fsp3) is 0.235. The van der Waals surface area contributed by atoms with Crippen LogP contribution in [0.25, 0.3) is 0 Å². The van der Waals surface area contributed by atoms with Gasteiger partial charge in [-0.1, -0.05) is 35.9 Å². The molecule has 0 fully saturated rings. The van der Waals surface area contributed by atoms with E-state index in [-0.39, 0.29) is 5.91 Å². The Morgan fingerprint density at radius 3 is 2.60 bits per heavy atom. The zero-order valence-electron chi connectivity index (χ0n) is 11.7. The van der Waals surface area contributed by atoms with Gasteiger partial charge in [0.1, 0.15) is 0 Å². The molecule has 0 bridgehead atoms. The molecule has 104 valence electrons. The van der Waals surface area contributed by atoms with Crippen LogP contribution in [0.4, 0.5) is 5.69 Å². The summed E-state index contributed by atoms with van der Waals surface area (Å²) in [5.41, 5.74) is 4.65. The molecular formula is C17H18INO. The molecule has 1 amide bonds. The van der Waals surface area contributed by atoms with Crippen LogP contribution in [0.1, 0.15) is 23.1 Å². The number of nitrogens with one attached hydrogen (secondary N) is 1. The Kier molecular flexibility index (Phi) is 5.17. The molecule has 0 aromatic heterocycles. The summed E-state index contributed by atoms with van der Waals surface area (Å²) >= 11 is 2.23. The molecule has 2 nitrogen and oxygen atoms in total. The Bertz CT molecular complexity index is 622. The van der Waals surface area contributed by atoms with Crippen molar-refractivity contribution >= 4 is 34.2 Å². The van der Waals surface area contributed by atoms with E-state index in [1.807, 2.05) is 24.3 Å². The quantitative estimate of drug-likeness (QED) is 0.780. The molecule has 0 saturated carbocycles. The van der Waals surface area contributed by atoms with Gasteiger partial charge in [0.25, 0.3) is 0 Å². The van der Waals surface area contributed by atoms with E-state index in [1.54, 1.807) is 0 Å². The highest BCUT2D eigenvalue weighted by atomic mass is 127. The van der Waals surface area contributed by atoms with Crippen molar-refractivity contribution in [3.05, 3.63) is 62.7 Å². The lowest BCUT2D eigenvalue weighted by Crippen LogP contribution is -2.13.